The summed E-state index contributed by atoms with van der Waals surface area (Å²) in [6.45, 7) is 3.58. The van der Waals surface area contributed by atoms with Gasteiger partial charge in [-0.15, -0.1) is 0 Å². The molecule has 25 heavy (non-hydrogen) atoms. The molecule has 1 heterocycles. The molecular weight excluding hydrogens is 342 g/mol. The third-order valence-electron chi connectivity index (χ3n) is 4.26. The van der Waals surface area contributed by atoms with Gasteiger partial charge in [0.2, 0.25) is 0 Å². The highest BCUT2D eigenvalue weighted by Gasteiger charge is 2.23. The minimum atomic E-state index is -0.497. The first-order valence-corrected chi connectivity index (χ1v) is 8.44. The Morgan fingerprint density at radius 1 is 1.20 bits per heavy atom. The molecule has 0 bridgehead atoms. The number of nitrogens with one attached hydrogen (secondary N) is 1. The summed E-state index contributed by atoms with van der Waals surface area (Å²) in [5, 5.41) is 14.3. The minimum Gasteiger partial charge on any atom is -0.371 e. The minimum absolute atomic E-state index is 0.108. The lowest BCUT2D eigenvalue weighted by Crippen LogP contribution is -2.23. The first kappa shape index (κ1) is 17.2. The zero-order chi connectivity index (χ0) is 18.0. The summed E-state index contributed by atoms with van der Waals surface area (Å²) >= 11 is 6.18. The molecule has 1 aliphatic rings. The summed E-state index contributed by atoms with van der Waals surface area (Å²) in [5.41, 5.74) is 2.35. The number of carbonyl (C=O) groups excluding carboxylic acids is 1. The number of rotatable bonds is 4. The van der Waals surface area contributed by atoms with E-state index in [-0.39, 0.29) is 11.3 Å². The normalized spacial score (nSPS) is 13.8. The Balaban J connectivity index is 1.96. The SMILES string of the molecule is Cc1ccc(NC(=O)c2cc([N+](=O)[O-])ccc2N2CCCC2)c(Cl)c1. The highest BCUT2D eigenvalue weighted by molar-refractivity contribution is 6.34. The van der Waals surface area contributed by atoms with Crippen LogP contribution in [0.2, 0.25) is 5.02 Å². The molecule has 0 atom stereocenters. The van der Waals surface area contributed by atoms with Crippen LogP contribution in [0.3, 0.4) is 0 Å². The van der Waals surface area contributed by atoms with E-state index in [1.165, 1.54) is 12.1 Å². The van der Waals surface area contributed by atoms with Gasteiger partial charge in [-0.1, -0.05) is 17.7 Å². The van der Waals surface area contributed by atoms with Crippen LogP contribution in [0.5, 0.6) is 0 Å². The van der Waals surface area contributed by atoms with Crippen LogP contribution in [0, 0.1) is 17.0 Å². The highest BCUT2D eigenvalue weighted by Crippen LogP contribution is 2.30. The van der Waals surface area contributed by atoms with Crippen molar-refractivity contribution in [1.29, 1.82) is 0 Å². The molecule has 130 valence electrons. The molecule has 1 saturated heterocycles. The van der Waals surface area contributed by atoms with Gasteiger partial charge in [-0.05, 0) is 43.5 Å². The monoisotopic (exact) mass is 359 g/mol. The van der Waals surface area contributed by atoms with Gasteiger partial charge in [-0.25, -0.2) is 0 Å². The second-order valence-corrected chi connectivity index (χ2v) is 6.50. The maximum Gasteiger partial charge on any atom is 0.270 e. The number of nitrogens with zero attached hydrogens (tertiary/aromatic N) is 2. The quantitative estimate of drug-likeness (QED) is 0.648. The van der Waals surface area contributed by atoms with E-state index < -0.39 is 10.8 Å². The fourth-order valence-corrected chi connectivity index (χ4v) is 3.25. The number of halogens is 1. The van der Waals surface area contributed by atoms with E-state index in [1.807, 2.05) is 13.0 Å². The van der Waals surface area contributed by atoms with Crippen LogP contribution in [-0.2, 0) is 0 Å². The number of amides is 1. The third-order valence-corrected chi connectivity index (χ3v) is 4.57. The molecule has 0 spiro atoms. The van der Waals surface area contributed by atoms with Crippen LogP contribution >= 0.6 is 11.6 Å². The number of nitro groups is 1. The second-order valence-electron chi connectivity index (χ2n) is 6.09. The van der Waals surface area contributed by atoms with Crippen LogP contribution in [-0.4, -0.2) is 23.9 Å². The third kappa shape index (κ3) is 3.74. The first-order chi connectivity index (χ1) is 12.0. The van der Waals surface area contributed by atoms with Gasteiger partial charge in [0.15, 0.2) is 0 Å². The summed E-state index contributed by atoms with van der Waals surface area (Å²) in [7, 11) is 0. The first-order valence-electron chi connectivity index (χ1n) is 8.06. The van der Waals surface area contributed by atoms with Crippen LogP contribution in [0.4, 0.5) is 17.1 Å². The fourth-order valence-electron chi connectivity index (χ4n) is 2.96. The molecule has 6 nitrogen and oxygen atoms in total. The average Bonchev–Trinajstić information content (AvgIpc) is 3.11. The largest absolute Gasteiger partial charge is 0.371 e. The Kier molecular flexibility index (Phi) is 4.90. The van der Waals surface area contributed by atoms with Gasteiger partial charge in [0.1, 0.15) is 0 Å². The lowest BCUT2D eigenvalue weighted by atomic mass is 10.1. The second kappa shape index (κ2) is 7.11. The maximum absolute atomic E-state index is 12.8. The Labute approximate surface area is 150 Å². The van der Waals surface area contributed by atoms with E-state index in [1.54, 1.807) is 18.2 Å². The van der Waals surface area contributed by atoms with E-state index in [4.69, 9.17) is 11.6 Å². The van der Waals surface area contributed by atoms with Crippen molar-refractivity contribution < 1.29 is 9.72 Å². The average molecular weight is 360 g/mol. The van der Waals surface area contributed by atoms with Crippen LogP contribution in [0.1, 0.15) is 28.8 Å². The van der Waals surface area contributed by atoms with Crippen molar-refractivity contribution in [3.8, 4) is 0 Å². The molecular formula is C18H18ClN3O3. The Morgan fingerprint density at radius 2 is 1.92 bits per heavy atom. The predicted molar refractivity (Wildman–Crippen MR) is 98.7 cm³/mol. The molecule has 0 radical (unpaired) electrons. The van der Waals surface area contributed by atoms with Gasteiger partial charge in [0.25, 0.3) is 11.6 Å². The van der Waals surface area contributed by atoms with Crippen LogP contribution in [0.15, 0.2) is 36.4 Å². The van der Waals surface area contributed by atoms with Gasteiger partial charge in [0, 0.05) is 25.2 Å². The zero-order valence-corrected chi connectivity index (χ0v) is 14.5. The number of anilines is 2. The van der Waals surface area contributed by atoms with Crippen molar-refractivity contribution >= 4 is 34.6 Å². The Hall–Kier alpha value is -2.60. The standard InChI is InChI=1S/C18H18ClN3O3/c1-12-4-6-16(15(19)10-12)20-18(23)14-11-13(22(24)25)5-7-17(14)21-8-2-3-9-21/h4-7,10-11H,2-3,8-9H2,1H3,(H,20,23). The van der Waals surface area contributed by atoms with E-state index in [9.17, 15) is 14.9 Å². The number of carbonyl (C=O) groups is 1. The van der Waals surface area contributed by atoms with E-state index in [0.717, 1.165) is 31.5 Å². The zero-order valence-electron chi connectivity index (χ0n) is 13.8. The van der Waals surface area contributed by atoms with E-state index >= 15 is 0 Å². The molecule has 0 unspecified atom stereocenters. The maximum atomic E-state index is 12.8. The predicted octanol–water partition coefficient (Wildman–Crippen LogP) is 4.41. The molecule has 0 saturated carbocycles. The summed E-state index contributed by atoms with van der Waals surface area (Å²) in [4.78, 5) is 25.5. The van der Waals surface area contributed by atoms with Crippen molar-refractivity contribution in [2.75, 3.05) is 23.3 Å². The molecule has 1 N–H and O–H groups in total. The molecule has 7 heteroatoms. The van der Waals surface area contributed by atoms with Crippen molar-refractivity contribution in [2.24, 2.45) is 0 Å². The van der Waals surface area contributed by atoms with Gasteiger partial charge < -0.3 is 10.2 Å². The smallest absolute Gasteiger partial charge is 0.270 e. The van der Waals surface area contributed by atoms with Crippen LogP contribution < -0.4 is 10.2 Å². The highest BCUT2D eigenvalue weighted by atomic mass is 35.5. The van der Waals surface area contributed by atoms with E-state index in [2.05, 4.69) is 10.2 Å². The van der Waals surface area contributed by atoms with Gasteiger partial charge in [-0.3, -0.25) is 14.9 Å². The summed E-state index contributed by atoms with van der Waals surface area (Å²) in [6, 6.07) is 9.73. The topological polar surface area (TPSA) is 75.5 Å². The number of aryl methyl sites for hydroxylation is 1. The summed E-state index contributed by atoms with van der Waals surface area (Å²) in [6.07, 6.45) is 2.09. The Bertz CT molecular complexity index is 832. The lowest BCUT2D eigenvalue weighted by Gasteiger charge is -2.21. The molecule has 2 aromatic carbocycles. The number of hydrogen-bond donors (Lipinski definition) is 1. The Morgan fingerprint density at radius 3 is 2.56 bits per heavy atom. The molecule has 1 aliphatic heterocycles. The number of benzene rings is 2. The molecule has 1 amide bonds. The van der Waals surface area contributed by atoms with Crippen LogP contribution in [0.25, 0.3) is 0 Å². The molecule has 3 rings (SSSR count). The van der Waals surface area contributed by atoms with Crippen molar-refractivity contribution in [3.05, 3.63) is 62.7 Å². The van der Waals surface area contributed by atoms with E-state index in [0.29, 0.717) is 16.4 Å². The molecule has 2 aromatic rings. The number of non-ortho nitro benzene ring substituents is 1. The number of nitro benzene ring substituents is 1. The van der Waals surface area contributed by atoms with Crippen molar-refractivity contribution in [3.63, 3.8) is 0 Å². The van der Waals surface area contributed by atoms with Crippen molar-refractivity contribution in [1.82, 2.24) is 0 Å². The summed E-state index contributed by atoms with van der Waals surface area (Å²) in [5.74, 6) is -0.406. The van der Waals surface area contributed by atoms with Gasteiger partial charge in [0.05, 0.1) is 26.9 Å². The lowest BCUT2D eigenvalue weighted by molar-refractivity contribution is -0.384. The molecule has 0 aromatic heterocycles. The number of hydrogen-bond acceptors (Lipinski definition) is 4. The molecule has 1 fully saturated rings. The summed E-state index contributed by atoms with van der Waals surface area (Å²) < 4.78 is 0. The molecule has 0 aliphatic carbocycles. The van der Waals surface area contributed by atoms with Gasteiger partial charge in [-0.2, -0.15) is 0 Å². The fraction of sp³-hybridized carbons (Fsp3) is 0.278. The van der Waals surface area contributed by atoms with Gasteiger partial charge >= 0.3 is 0 Å². The van der Waals surface area contributed by atoms with Crippen molar-refractivity contribution in [2.45, 2.75) is 19.8 Å².